The number of rotatable bonds is 4. The van der Waals surface area contributed by atoms with E-state index in [1.165, 1.54) is 11.7 Å². The molecule has 1 fully saturated rings. The SMILES string of the molecule is CC(Nc1ncc(C(=O)NO)cc1F)C1CC1. The molecule has 0 aromatic carbocycles. The molecular formula is C11H14FN3O2. The van der Waals surface area contributed by atoms with Gasteiger partial charge in [-0.1, -0.05) is 0 Å². The predicted molar refractivity (Wildman–Crippen MR) is 59.3 cm³/mol. The Kier molecular flexibility index (Phi) is 3.23. The molecule has 1 atom stereocenters. The van der Waals surface area contributed by atoms with Crippen molar-refractivity contribution in [3.8, 4) is 0 Å². The van der Waals surface area contributed by atoms with Crippen LogP contribution in [0, 0.1) is 11.7 Å². The van der Waals surface area contributed by atoms with Gasteiger partial charge in [0.1, 0.15) is 0 Å². The number of nitrogens with one attached hydrogen (secondary N) is 2. The van der Waals surface area contributed by atoms with Crippen molar-refractivity contribution in [2.75, 3.05) is 5.32 Å². The molecule has 0 aliphatic heterocycles. The van der Waals surface area contributed by atoms with Crippen LogP contribution >= 0.6 is 0 Å². The molecule has 1 amide bonds. The summed E-state index contributed by atoms with van der Waals surface area (Å²) in [6.07, 6.45) is 3.53. The Morgan fingerprint density at radius 1 is 1.65 bits per heavy atom. The molecule has 2 rings (SSSR count). The van der Waals surface area contributed by atoms with Crippen molar-refractivity contribution in [1.82, 2.24) is 10.5 Å². The van der Waals surface area contributed by atoms with E-state index in [0.717, 1.165) is 18.9 Å². The van der Waals surface area contributed by atoms with Crippen molar-refractivity contribution in [2.24, 2.45) is 5.92 Å². The number of nitrogens with zero attached hydrogens (tertiary/aromatic N) is 1. The third-order valence-electron chi connectivity index (χ3n) is 2.90. The Bertz CT molecular complexity index is 435. The summed E-state index contributed by atoms with van der Waals surface area (Å²) in [4.78, 5) is 14.9. The highest BCUT2D eigenvalue weighted by Crippen LogP contribution is 2.33. The molecule has 1 aliphatic carbocycles. The van der Waals surface area contributed by atoms with Crippen LogP contribution in [0.1, 0.15) is 30.1 Å². The first kappa shape index (κ1) is 11.8. The molecule has 5 nitrogen and oxygen atoms in total. The fourth-order valence-electron chi connectivity index (χ4n) is 1.66. The molecule has 1 unspecified atom stereocenters. The molecule has 0 spiro atoms. The summed E-state index contributed by atoms with van der Waals surface area (Å²) >= 11 is 0. The fourth-order valence-corrected chi connectivity index (χ4v) is 1.66. The van der Waals surface area contributed by atoms with Gasteiger partial charge in [-0.05, 0) is 31.7 Å². The van der Waals surface area contributed by atoms with Gasteiger partial charge in [-0.2, -0.15) is 0 Å². The molecule has 17 heavy (non-hydrogen) atoms. The molecule has 1 heterocycles. The van der Waals surface area contributed by atoms with Crippen LogP contribution in [0.25, 0.3) is 0 Å². The van der Waals surface area contributed by atoms with Gasteiger partial charge in [-0.3, -0.25) is 10.0 Å². The number of hydrogen-bond donors (Lipinski definition) is 3. The van der Waals surface area contributed by atoms with Gasteiger partial charge < -0.3 is 5.32 Å². The van der Waals surface area contributed by atoms with Gasteiger partial charge in [0.15, 0.2) is 11.6 Å². The Labute approximate surface area is 98.0 Å². The highest BCUT2D eigenvalue weighted by atomic mass is 19.1. The molecule has 1 saturated carbocycles. The molecular weight excluding hydrogens is 225 g/mol. The zero-order chi connectivity index (χ0) is 12.4. The Morgan fingerprint density at radius 3 is 2.88 bits per heavy atom. The molecule has 1 aliphatic rings. The van der Waals surface area contributed by atoms with Crippen LogP contribution in [-0.4, -0.2) is 22.1 Å². The Morgan fingerprint density at radius 2 is 2.35 bits per heavy atom. The molecule has 0 saturated heterocycles. The van der Waals surface area contributed by atoms with Crippen molar-refractivity contribution in [2.45, 2.75) is 25.8 Å². The van der Waals surface area contributed by atoms with Gasteiger partial charge in [0, 0.05) is 12.2 Å². The number of hydroxylamine groups is 1. The number of hydrogen-bond acceptors (Lipinski definition) is 4. The molecule has 6 heteroatoms. The highest BCUT2D eigenvalue weighted by molar-refractivity contribution is 5.93. The van der Waals surface area contributed by atoms with Gasteiger partial charge in [-0.25, -0.2) is 14.9 Å². The third kappa shape index (κ3) is 2.71. The number of amides is 1. The van der Waals surface area contributed by atoms with E-state index in [9.17, 15) is 9.18 Å². The maximum Gasteiger partial charge on any atom is 0.276 e. The quantitative estimate of drug-likeness (QED) is 0.550. The summed E-state index contributed by atoms with van der Waals surface area (Å²) in [6, 6.07) is 1.22. The minimum atomic E-state index is -0.779. The monoisotopic (exact) mass is 239 g/mol. The topological polar surface area (TPSA) is 74.2 Å². The van der Waals surface area contributed by atoms with Crippen LogP contribution in [0.3, 0.4) is 0 Å². The van der Waals surface area contributed by atoms with Crippen LogP contribution in [-0.2, 0) is 0 Å². The van der Waals surface area contributed by atoms with E-state index < -0.39 is 11.7 Å². The van der Waals surface area contributed by atoms with Crippen LogP contribution in [0.4, 0.5) is 10.2 Å². The zero-order valence-corrected chi connectivity index (χ0v) is 9.40. The van der Waals surface area contributed by atoms with Crippen molar-refractivity contribution in [1.29, 1.82) is 0 Å². The standard InChI is InChI=1S/C11H14FN3O2/c1-6(7-2-3-7)14-10-9(12)4-8(5-13-10)11(16)15-17/h4-7,17H,2-3H2,1H3,(H,13,14)(H,15,16). The van der Waals surface area contributed by atoms with E-state index in [1.807, 2.05) is 6.92 Å². The van der Waals surface area contributed by atoms with Crippen molar-refractivity contribution >= 4 is 11.7 Å². The van der Waals surface area contributed by atoms with E-state index in [1.54, 1.807) is 0 Å². The smallest absolute Gasteiger partial charge is 0.276 e. The number of anilines is 1. The average molecular weight is 239 g/mol. The lowest BCUT2D eigenvalue weighted by Crippen LogP contribution is -2.21. The maximum absolute atomic E-state index is 13.6. The second-order valence-corrected chi connectivity index (χ2v) is 4.27. The molecule has 92 valence electrons. The molecule has 3 N–H and O–H groups in total. The van der Waals surface area contributed by atoms with Crippen molar-refractivity contribution in [3.63, 3.8) is 0 Å². The summed E-state index contributed by atoms with van der Waals surface area (Å²) < 4.78 is 13.6. The number of halogens is 1. The lowest BCUT2D eigenvalue weighted by atomic mass is 10.2. The van der Waals surface area contributed by atoms with Gasteiger partial charge in [0.25, 0.3) is 5.91 Å². The van der Waals surface area contributed by atoms with Gasteiger partial charge in [-0.15, -0.1) is 0 Å². The second kappa shape index (κ2) is 4.67. The summed E-state index contributed by atoms with van der Waals surface area (Å²) in [7, 11) is 0. The van der Waals surface area contributed by atoms with E-state index >= 15 is 0 Å². The van der Waals surface area contributed by atoms with Gasteiger partial charge >= 0.3 is 0 Å². The third-order valence-corrected chi connectivity index (χ3v) is 2.90. The summed E-state index contributed by atoms with van der Waals surface area (Å²) in [6.45, 7) is 1.98. The van der Waals surface area contributed by atoms with Crippen LogP contribution < -0.4 is 10.8 Å². The van der Waals surface area contributed by atoms with E-state index in [-0.39, 0.29) is 17.4 Å². The summed E-state index contributed by atoms with van der Waals surface area (Å²) in [5.74, 6) is -0.660. The van der Waals surface area contributed by atoms with Gasteiger partial charge in [0.05, 0.1) is 5.56 Å². The van der Waals surface area contributed by atoms with E-state index in [4.69, 9.17) is 5.21 Å². The van der Waals surface area contributed by atoms with Crippen LogP contribution in [0.2, 0.25) is 0 Å². The average Bonchev–Trinajstić information content (AvgIpc) is 3.14. The second-order valence-electron chi connectivity index (χ2n) is 4.27. The largest absolute Gasteiger partial charge is 0.365 e. The normalized spacial score (nSPS) is 16.4. The number of carbonyl (C=O) groups excluding carboxylic acids is 1. The molecule has 0 bridgehead atoms. The fraction of sp³-hybridized carbons (Fsp3) is 0.455. The Balaban J connectivity index is 2.10. The minimum absolute atomic E-state index is 0.0189. The van der Waals surface area contributed by atoms with Gasteiger partial charge in [0.2, 0.25) is 0 Å². The first-order valence-electron chi connectivity index (χ1n) is 5.48. The van der Waals surface area contributed by atoms with Crippen molar-refractivity contribution < 1.29 is 14.4 Å². The van der Waals surface area contributed by atoms with Crippen molar-refractivity contribution in [3.05, 3.63) is 23.6 Å². The molecule has 1 aromatic rings. The summed E-state index contributed by atoms with van der Waals surface area (Å²) in [5, 5.41) is 11.4. The maximum atomic E-state index is 13.6. The zero-order valence-electron chi connectivity index (χ0n) is 9.40. The van der Waals surface area contributed by atoms with E-state index in [2.05, 4.69) is 10.3 Å². The Hall–Kier alpha value is -1.69. The predicted octanol–water partition coefficient (Wildman–Crippen LogP) is 1.55. The minimum Gasteiger partial charge on any atom is -0.365 e. The number of aromatic nitrogens is 1. The molecule has 1 aromatic heterocycles. The van der Waals surface area contributed by atoms with Crippen LogP contribution in [0.5, 0.6) is 0 Å². The van der Waals surface area contributed by atoms with Crippen LogP contribution in [0.15, 0.2) is 12.3 Å². The van der Waals surface area contributed by atoms with E-state index in [0.29, 0.717) is 5.92 Å². The lowest BCUT2D eigenvalue weighted by Gasteiger charge is -2.14. The lowest BCUT2D eigenvalue weighted by molar-refractivity contribution is 0.0705. The first-order chi connectivity index (χ1) is 8.11. The highest BCUT2D eigenvalue weighted by Gasteiger charge is 2.28. The number of pyridine rings is 1. The number of carbonyl (C=O) groups is 1. The summed E-state index contributed by atoms with van der Waals surface area (Å²) in [5.41, 5.74) is 1.41. The molecule has 0 radical (unpaired) electrons. The first-order valence-corrected chi connectivity index (χ1v) is 5.48.